The van der Waals surface area contributed by atoms with Gasteiger partial charge in [0.1, 0.15) is 0 Å². The molecule has 0 aliphatic heterocycles. The number of benzene rings is 1. The van der Waals surface area contributed by atoms with Gasteiger partial charge in [0, 0.05) is 29.6 Å². The minimum absolute atomic E-state index is 0.0519. The zero-order valence-corrected chi connectivity index (χ0v) is 19.9. The average Bonchev–Trinajstić information content (AvgIpc) is 3.41. The first-order chi connectivity index (χ1) is 15.6. The smallest absolute Gasteiger partial charge is 0.261 e. The number of aryl methyl sites for hydroxylation is 2. The normalized spacial score (nSPS) is 16.1. The van der Waals surface area contributed by atoms with Crippen molar-refractivity contribution in [2.24, 2.45) is 0 Å². The van der Waals surface area contributed by atoms with E-state index in [0.717, 1.165) is 35.6 Å². The predicted molar refractivity (Wildman–Crippen MR) is 131 cm³/mol. The van der Waals surface area contributed by atoms with E-state index in [1.54, 1.807) is 11.3 Å². The van der Waals surface area contributed by atoms with E-state index in [-0.39, 0.29) is 5.91 Å². The number of amides is 1. The highest BCUT2D eigenvalue weighted by Gasteiger charge is 2.27. The van der Waals surface area contributed by atoms with Gasteiger partial charge in [0.25, 0.3) is 5.91 Å². The highest BCUT2D eigenvalue weighted by atomic mass is 32.1. The second-order valence-electron chi connectivity index (χ2n) is 9.15. The van der Waals surface area contributed by atoms with Crippen molar-refractivity contribution in [1.82, 2.24) is 20.0 Å². The average molecular weight is 449 g/mol. The molecule has 1 saturated carbocycles. The number of carbonyl (C=O) groups is 1. The molecular weight excluding hydrogens is 416 g/mol. The quantitative estimate of drug-likeness (QED) is 0.577. The Kier molecular flexibility index (Phi) is 6.15. The first kappa shape index (κ1) is 21.4. The van der Waals surface area contributed by atoms with Crippen molar-refractivity contribution < 1.29 is 4.79 Å². The molecule has 2 aliphatic carbocycles. The number of aromatic nitrogens is 2. The van der Waals surface area contributed by atoms with E-state index < -0.39 is 0 Å². The van der Waals surface area contributed by atoms with Gasteiger partial charge in [0.05, 0.1) is 22.0 Å². The number of hydrogen-bond acceptors (Lipinski definition) is 4. The van der Waals surface area contributed by atoms with E-state index in [0.29, 0.717) is 12.6 Å². The third-order valence-corrected chi connectivity index (χ3v) is 8.19. The highest BCUT2D eigenvalue weighted by Crippen LogP contribution is 2.42. The monoisotopic (exact) mass is 448 g/mol. The molecule has 1 N–H and O–H groups in total. The van der Waals surface area contributed by atoms with E-state index in [4.69, 9.17) is 5.10 Å². The minimum Gasteiger partial charge on any atom is -0.350 e. The molecule has 0 saturated heterocycles. The fourth-order valence-electron chi connectivity index (χ4n) is 5.21. The zero-order valence-electron chi connectivity index (χ0n) is 19.1. The molecule has 2 heterocycles. The SMILES string of the molecule is Cc1nn(-c2ccccc2)c2c1-c1sc(C(=O)NCCN(C)C3CCCCC3)cc1CC2. The van der Waals surface area contributed by atoms with Crippen LogP contribution in [0, 0.1) is 6.92 Å². The van der Waals surface area contributed by atoms with Crippen molar-refractivity contribution >= 4 is 17.2 Å². The zero-order chi connectivity index (χ0) is 22.1. The summed E-state index contributed by atoms with van der Waals surface area (Å²) in [7, 11) is 2.20. The van der Waals surface area contributed by atoms with Crippen LogP contribution in [-0.4, -0.2) is 46.8 Å². The lowest BCUT2D eigenvalue weighted by molar-refractivity contribution is 0.0948. The number of para-hydroxylation sites is 1. The van der Waals surface area contributed by atoms with Gasteiger partial charge in [-0.15, -0.1) is 11.3 Å². The fraction of sp³-hybridized carbons (Fsp3) is 0.462. The third-order valence-electron chi connectivity index (χ3n) is 7.00. The maximum Gasteiger partial charge on any atom is 0.261 e. The maximum atomic E-state index is 12.9. The minimum atomic E-state index is 0.0519. The van der Waals surface area contributed by atoms with Crippen LogP contribution in [0.4, 0.5) is 0 Å². The molecule has 6 heteroatoms. The number of hydrogen-bond donors (Lipinski definition) is 1. The van der Waals surface area contributed by atoms with Crippen molar-refractivity contribution in [3.63, 3.8) is 0 Å². The molecule has 5 rings (SSSR count). The van der Waals surface area contributed by atoms with Crippen LogP contribution in [-0.2, 0) is 12.8 Å². The fourth-order valence-corrected chi connectivity index (χ4v) is 6.46. The van der Waals surface area contributed by atoms with E-state index in [1.165, 1.54) is 53.8 Å². The molecule has 2 aromatic heterocycles. The van der Waals surface area contributed by atoms with Crippen molar-refractivity contribution in [1.29, 1.82) is 0 Å². The van der Waals surface area contributed by atoms with E-state index in [9.17, 15) is 4.79 Å². The predicted octanol–water partition coefficient (Wildman–Crippen LogP) is 5.00. The number of nitrogens with zero attached hydrogens (tertiary/aromatic N) is 3. The molecule has 3 aromatic rings. The summed E-state index contributed by atoms with van der Waals surface area (Å²) in [6, 6.07) is 13.1. The Balaban J connectivity index is 1.29. The number of nitrogens with one attached hydrogen (secondary N) is 1. The molecular formula is C26H32N4OS. The summed E-state index contributed by atoms with van der Waals surface area (Å²) in [4.78, 5) is 17.4. The molecule has 0 radical (unpaired) electrons. The second-order valence-corrected chi connectivity index (χ2v) is 10.2. The van der Waals surface area contributed by atoms with E-state index in [2.05, 4.69) is 47.1 Å². The van der Waals surface area contributed by atoms with Crippen LogP contribution in [0.25, 0.3) is 16.1 Å². The lowest BCUT2D eigenvalue weighted by Crippen LogP contribution is -2.39. The van der Waals surface area contributed by atoms with Crippen LogP contribution in [0.3, 0.4) is 0 Å². The first-order valence-electron chi connectivity index (χ1n) is 11.9. The van der Waals surface area contributed by atoms with Crippen molar-refractivity contribution in [2.75, 3.05) is 20.1 Å². The molecule has 1 aromatic carbocycles. The van der Waals surface area contributed by atoms with Gasteiger partial charge in [-0.3, -0.25) is 4.79 Å². The Morgan fingerprint density at radius 3 is 2.75 bits per heavy atom. The number of likely N-dealkylation sites (N-methyl/N-ethyl adjacent to an activating group) is 1. The van der Waals surface area contributed by atoms with Gasteiger partial charge in [-0.2, -0.15) is 5.10 Å². The van der Waals surface area contributed by atoms with Crippen LogP contribution in [0.1, 0.15) is 58.7 Å². The molecule has 2 aliphatic rings. The standard InChI is InChI=1S/C26H32N4OS/c1-18-24-22(30(28-18)21-11-7-4-8-12-21)14-13-19-17-23(32-25(19)24)26(31)27-15-16-29(2)20-9-5-3-6-10-20/h4,7-8,11-12,17,20H,3,5-6,9-10,13-16H2,1-2H3,(H,27,31). The Bertz CT molecular complexity index is 1090. The summed E-state index contributed by atoms with van der Waals surface area (Å²) >= 11 is 1.62. The van der Waals surface area contributed by atoms with Crippen molar-refractivity contribution in [2.45, 2.75) is 57.9 Å². The number of rotatable bonds is 6. The van der Waals surface area contributed by atoms with Gasteiger partial charge in [-0.1, -0.05) is 37.5 Å². The first-order valence-corrected chi connectivity index (χ1v) is 12.7. The molecule has 0 atom stereocenters. The van der Waals surface area contributed by atoms with Gasteiger partial charge in [-0.05, 0) is 63.4 Å². The summed E-state index contributed by atoms with van der Waals surface area (Å²) in [5, 5.41) is 8.00. The van der Waals surface area contributed by atoms with Gasteiger partial charge < -0.3 is 10.2 Å². The number of thiophene rings is 1. The van der Waals surface area contributed by atoms with Gasteiger partial charge in [0.15, 0.2) is 0 Å². The Morgan fingerprint density at radius 2 is 1.97 bits per heavy atom. The van der Waals surface area contributed by atoms with Crippen LogP contribution < -0.4 is 5.32 Å². The van der Waals surface area contributed by atoms with Crippen LogP contribution in [0.2, 0.25) is 0 Å². The Morgan fingerprint density at radius 1 is 1.19 bits per heavy atom. The molecule has 0 bridgehead atoms. The number of carbonyl (C=O) groups excluding carboxylic acids is 1. The Labute approximate surface area is 194 Å². The summed E-state index contributed by atoms with van der Waals surface area (Å²) in [6.45, 7) is 3.69. The molecule has 1 amide bonds. The molecule has 5 nitrogen and oxygen atoms in total. The Hall–Kier alpha value is -2.44. The molecule has 0 spiro atoms. The number of fused-ring (bicyclic) bond motifs is 3. The van der Waals surface area contributed by atoms with Crippen molar-refractivity contribution in [3.8, 4) is 16.1 Å². The molecule has 1 fully saturated rings. The van der Waals surface area contributed by atoms with Gasteiger partial charge in [-0.25, -0.2) is 4.68 Å². The van der Waals surface area contributed by atoms with E-state index >= 15 is 0 Å². The van der Waals surface area contributed by atoms with Crippen LogP contribution in [0.15, 0.2) is 36.4 Å². The largest absolute Gasteiger partial charge is 0.350 e. The summed E-state index contributed by atoms with van der Waals surface area (Å²) in [5.41, 5.74) is 5.88. The summed E-state index contributed by atoms with van der Waals surface area (Å²) in [5.74, 6) is 0.0519. The van der Waals surface area contributed by atoms with Crippen LogP contribution >= 0.6 is 11.3 Å². The van der Waals surface area contributed by atoms with Gasteiger partial charge in [0.2, 0.25) is 0 Å². The molecule has 32 heavy (non-hydrogen) atoms. The molecule has 0 unspecified atom stereocenters. The third kappa shape index (κ3) is 4.14. The summed E-state index contributed by atoms with van der Waals surface area (Å²) < 4.78 is 2.08. The molecule has 168 valence electrons. The second kappa shape index (κ2) is 9.20. The lowest BCUT2D eigenvalue weighted by atomic mass is 9.94. The van der Waals surface area contributed by atoms with E-state index in [1.807, 2.05) is 18.2 Å². The maximum absolute atomic E-state index is 12.9. The van der Waals surface area contributed by atoms with Gasteiger partial charge >= 0.3 is 0 Å². The van der Waals surface area contributed by atoms with Crippen LogP contribution in [0.5, 0.6) is 0 Å². The summed E-state index contributed by atoms with van der Waals surface area (Å²) in [6.07, 6.45) is 8.53. The lowest BCUT2D eigenvalue weighted by Gasteiger charge is -2.31. The topological polar surface area (TPSA) is 50.2 Å². The highest BCUT2D eigenvalue weighted by molar-refractivity contribution is 7.17. The van der Waals surface area contributed by atoms with Crippen molar-refractivity contribution in [3.05, 3.63) is 58.2 Å².